The molecule has 0 saturated heterocycles. The SMILES string of the molecule is Cc1ccc(C(C)(O)Cc2ccc(F)c(Cl)c2)cc1. The van der Waals surface area contributed by atoms with Crippen LogP contribution in [0.4, 0.5) is 4.39 Å². The zero-order valence-electron chi connectivity index (χ0n) is 11.0. The summed E-state index contributed by atoms with van der Waals surface area (Å²) in [4.78, 5) is 0. The highest BCUT2D eigenvalue weighted by molar-refractivity contribution is 6.30. The normalized spacial score (nSPS) is 14.2. The van der Waals surface area contributed by atoms with Gasteiger partial charge in [0, 0.05) is 6.42 Å². The second kappa shape index (κ2) is 5.32. The summed E-state index contributed by atoms with van der Waals surface area (Å²) >= 11 is 5.75. The van der Waals surface area contributed by atoms with E-state index in [4.69, 9.17) is 11.6 Å². The van der Waals surface area contributed by atoms with Crippen molar-refractivity contribution in [1.82, 2.24) is 0 Å². The van der Waals surface area contributed by atoms with E-state index in [9.17, 15) is 9.50 Å². The Morgan fingerprint density at radius 2 is 1.79 bits per heavy atom. The van der Waals surface area contributed by atoms with Gasteiger partial charge in [-0.3, -0.25) is 0 Å². The Balaban J connectivity index is 2.25. The lowest BCUT2D eigenvalue weighted by Gasteiger charge is -2.24. The molecule has 1 N–H and O–H groups in total. The quantitative estimate of drug-likeness (QED) is 0.890. The maximum Gasteiger partial charge on any atom is 0.141 e. The van der Waals surface area contributed by atoms with Crippen LogP contribution in [-0.4, -0.2) is 5.11 Å². The van der Waals surface area contributed by atoms with Crippen molar-refractivity contribution < 1.29 is 9.50 Å². The molecule has 1 nitrogen and oxygen atoms in total. The Morgan fingerprint density at radius 3 is 2.37 bits per heavy atom. The van der Waals surface area contributed by atoms with Gasteiger partial charge in [-0.2, -0.15) is 0 Å². The summed E-state index contributed by atoms with van der Waals surface area (Å²) in [6.07, 6.45) is 0.385. The van der Waals surface area contributed by atoms with Crippen LogP contribution in [-0.2, 0) is 12.0 Å². The maximum absolute atomic E-state index is 13.1. The summed E-state index contributed by atoms with van der Waals surface area (Å²) in [5, 5.41) is 10.6. The first kappa shape index (κ1) is 14.0. The van der Waals surface area contributed by atoms with Crippen LogP contribution in [0.15, 0.2) is 42.5 Å². The van der Waals surface area contributed by atoms with E-state index >= 15 is 0 Å². The Labute approximate surface area is 117 Å². The average molecular weight is 279 g/mol. The summed E-state index contributed by atoms with van der Waals surface area (Å²) in [7, 11) is 0. The number of hydrogen-bond donors (Lipinski definition) is 1. The zero-order chi connectivity index (χ0) is 14.0. The average Bonchev–Trinajstić information content (AvgIpc) is 2.34. The molecule has 0 amide bonds. The lowest BCUT2D eigenvalue weighted by molar-refractivity contribution is 0.0576. The van der Waals surface area contributed by atoms with Crippen LogP contribution in [0.3, 0.4) is 0 Å². The maximum atomic E-state index is 13.1. The molecule has 0 saturated carbocycles. The molecule has 0 aliphatic heterocycles. The van der Waals surface area contributed by atoms with Crippen LogP contribution in [0.25, 0.3) is 0 Å². The van der Waals surface area contributed by atoms with Crippen LogP contribution >= 0.6 is 11.6 Å². The highest BCUT2D eigenvalue weighted by atomic mass is 35.5. The zero-order valence-corrected chi connectivity index (χ0v) is 11.7. The fourth-order valence-corrected chi connectivity index (χ4v) is 2.26. The van der Waals surface area contributed by atoms with E-state index in [-0.39, 0.29) is 5.02 Å². The van der Waals surface area contributed by atoms with Gasteiger partial charge in [0.05, 0.1) is 10.6 Å². The summed E-state index contributed by atoms with van der Waals surface area (Å²) in [5.41, 5.74) is 1.77. The number of aryl methyl sites for hydroxylation is 1. The van der Waals surface area contributed by atoms with E-state index < -0.39 is 11.4 Å². The largest absolute Gasteiger partial charge is 0.385 e. The second-order valence-electron chi connectivity index (χ2n) is 5.07. The van der Waals surface area contributed by atoms with Crippen LogP contribution in [0.2, 0.25) is 5.02 Å². The van der Waals surface area contributed by atoms with Crippen molar-refractivity contribution in [3.05, 3.63) is 70.0 Å². The third-order valence-corrected chi connectivity index (χ3v) is 3.50. The fraction of sp³-hybridized carbons (Fsp3) is 0.250. The molecule has 3 heteroatoms. The van der Waals surface area contributed by atoms with Gasteiger partial charge in [-0.15, -0.1) is 0 Å². The van der Waals surface area contributed by atoms with Crippen LogP contribution < -0.4 is 0 Å². The molecule has 0 spiro atoms. The van der Waals surface area contributed by atoms with Gasteiger partial charge in [0.1, 0.15) is 5.82 Å². The summed E-state index contributed by atoms with van der Waals surface area (Å²) in [5.74, 6) is -0.444. The van der Waals surface area contributed by atoms with Crippen molar-refractivity contribution in [3.8, 4) is 0 Å². The molecule has 0 aliphatic rings. The molecule has 0 aliphatic carbocycles. The Hall–Kier alpha value is -1.38. The topological polar surface area (TPSA) is 20.2 Å². The molecular weight excluding hydrogens is 263 g/mol. The van der Waals surface area contributed by atoms with Gasteiger partial charge in [0.25, 0.3) is 0 Å². The lowest BCUT2D eigenvalue weighted by atomic mass is 9.89. The van der Waals surface area contributed by atoms with E-state index in [1.54, 1.807) is 19.1 Å². The smallest absolute Gasteiger partial charge is 0.141 e. The third kappa shape index (κ3) is 3.34. The van der Waals surface area contributed by atoms with Gasteiger partial charge in [-0.05, 0) is 37.1 Å². The van der Waals surface area contributed by atoms with Crippen molar-refractivity contribution >= 4 is 11.6 Å². The van der Waals surface area contributed by atoms with Gasteiger partial charge in [-0.25, -0.2) is 4.39 Å². The molecule has 100 valence electrons. The molecule has 2 aromatic carbocycles. The summed E-state index contributed by atoms with van der Waals surface area (Å²) in [6.45, 7) is 3.74. The van der Waals surface area contributed by atoms with Crippen LogP contribution in [0, 0.1) is 12.7 Å². The van der Waals surface area contributed by atoms with Crippen molar-refractivity contribution in [2.45, 2.75) is 25.9 Å². The van der Waals surface area contributed by atoms with Gasteiger partial charge in [0.15, 0.2) is 0 Å². The molecule has 2 aromatic rings. The molecule has 19 heavy (non-hydrogen) atoms. The minimum atomic E-state index is -1.01. The first-order valence-electron chi connectivity index (χ1n) is 6.12. The first-order chi connectivity index (χ1) is 8.88. The second-order valence-corrected chi connectivity index (χ2v) is 5.47. The number of rotatable bonds is 3. The summed E-state index contributed by atoms with van der Waals surface area (Å²) in [6, 6.07) is 12.2. The standard InChI is InChI=1S/C16H16ClFO/c1-11-3-6-13(7-4-11)16(2,19)10-12-5-8-15(18)14(17)9-12/h3-9,19H,10H2,1-2H3. The number of benzene rings is 2. The highest BCUT2D eigenvalue weighted by Crippen LogP contribution is 2.27. The minimum absolute atomic E-state index is 0.0807. The molecule has 0 radical (unpaired) electrons. The van der Waals surface area contributed by atoms with Crippen molar-refractivity contribution in [1.29, 1.82) is 0 Å². The number of aliphatic hydroxyl groups is 1. The molecular formula is C16H16ClFO. The van der Waals surface area contributed by atoms with Crippen molar-refractivity contribution in [2.24, 2.45) is 0 Å². The molecule has 2 rings (SSSR count). The van der Waals surface area contributed by atoms with Gasteiger partial charge >= 0.3 is 0 Å². The predicted octanol–water partition coefficient (Wildman–Crippen LogP) is 4.24. The Morgan fingerprint density at radius 1 is 1.16 bits per heavy atom. The monoisotopic (exact) mass is 278 g/mol. The molecule has 0 bridgehead atoms. The van der Waals surface area contributed by atoms with Crippen LogP contribution in [0.5, 0.6) is 0 Å². The van der Waals surface area contributed by atoms with Crippen molar-refractivity contribution in [2.75, 3.05) is 0 Å². The predicted molar refractivity (Wildman–Crippen MR) is 75.9 cm³/mol. The van der Waals surface area contributed by atoms with E-state index in [0.29, 0.717) is 6.42 Å². The first-order valence-corrected chi connectivity index (χ1v) is 6.50. The third-order valence-electron chi connectivity index (χ3n) is 3.21. The molecule has 0 fully saturated rings. The number of hydrogen-bond acceptors (Lipinski definition) is 1. The molecule has 0 aromatic heterocycles. The fourth-order valence-electron chi connectivity index (χ4n) is 2.06. The van der Waals surface area contributed by atoms with E-state index in [0.717, 1.165) is 16.7 Å². The lowest BCUT2D eigenvalue weighted by Crippen LogP contribution is -2.24. The van der Waals surface area contributed by atoms with E-state index in [1.807, 2.05) is 31.2 Å². The highest BCUT2D eigenvalue weighted by Gasteiger charge is 2.23. The van der Waals surface area contributed by atoms with Gasteiger partial charge < -0.3 is 5.11 Å². The number of halogens is 2. The minimum Gasteiger partial charge on any atom is -0.385 e. The van der Waals surface area contributed by atoms with Gasteiger partial charge in [0.2, 0.25) is 0 Å². The molecule has 1 unspecified atom stereocenters. The summed E-state index contributed by atoms with van der Waals surface area (Å²) < 4.78 is 13.1. The van der Waals surface area contributed by atoms with Crippen molar-refractivity contribution in [3.63, 3.8) is 0 Å². The van der Waals surface area contributed by atoms with Crippen LogP contribution in [0.1, 0.15) is 23.6 Å². The Kier molecular flexibility index (Phi) is 3.93. The molecule has 0 heterocycles. The Bertz CT molecular complexity index is 576. The van der Waals surface area contributed by atoms with E-state index in [1.165, 1.54) is 6.07 Å². The van der Waals surface area contributed by atoms with Gasteiger partial charge in [-0.1, -0.05) is 47.5 Å². The molecule has 1 atom stereocenters. The van der Waals surface area contributed by atoms with E-state index in [2.05, 4.69) is 0 Å².